The Balaban J connectivity index is 0.000000289. The van der Waals surface area contributed by atoms with Crippen LogP contribution in [0, 0.1) is 0 Å². The van der Waals surface area contributed by atoms with E-state index >= 15 is 0 Å². The number of nitrogens with zero attached hydrogens (tertiary/aromatic N) is 1. The summed E-state index contributed by atoms with van der Waals surface area (Å²) in [4.78, 5) is 24.9. The minimum absolute atomic E-state index is 0.349. The molecule has 6 heteroatoms. The molecule has 1 aliphatic rings. The summed E-state index contributed by atoms with van der Waals surface area (Å²) in [5.41, 5.74) is 8.46. The van der Waals surface area contributed by atoms with Crippen LogP contribution >= 0.6 is 0 Å². The lowest BCUT2D eigenvalue weighted by atomic mass is 9.97. The Kier molecular flexibility index (Phi) is 8.20. The van der Waals surface area contributed by atoms with Crippen LogP contribution in [0.15, 0.2) is 79.1 Å². The lowest BCUT2D eigenvalue weighted by Crippen LogP contribution is -2.20. The number of benzene rings is 2. The zero-order valence-electron chi connectivity index (χ0n) is 19.7. The molecule has 2 aromatic heterocycles. The van der Waals surface area contributed by atoms with Crippen LogP contribution in [-0.4, -0.2) is 24.5 Å². The fourth-order valence-corrected chi connectivity index (χ4v) is 3.84. The number of rotatable bonds is 2. The lowest BCUT2D eigenvalue weighted by molar-refractivity contribution is 0.331. The van der Waals surface area contributed by atoms with Crippen LogP contribution in [0.3, 0.4) is 0 Å². The van der Waals surface area contributed by atoms with E-state index in [4.69, 9.17) is 14.6 Å². The van der Waals surface area contributed by atoms with Gasteiger partial charge in [-0.05, 0) is 80.9 Å². The smallest absolute Gasteiger partial charge is 0.336 e. The third-order valence-corrected chi connectivity index (χ3v) is 5.89. The summed E-state index contributed by atoms with van der Waals surface area (Å²) < 4.78 is 10.3. The zero-order valence-corrected chi connectivity index (χ0v) is 19.7. The molecule has 5 rings (SSSR count). The van der Waals surface area contributed by atoms with Crippen LogP contribution in [0.5, 0.6) is 0 Å². The van der Waals surface area contributed by atoms with Crippen LogP contribution in [-0.2, 0) is 0 Å². The molecule has 0 amide bonds. The number of nitrogens with two attached hydrogens (primary N) is 1. The number of hydrogen-bond donors (Lipinski definition) is 1. The maximum Gasteiger partial charge on any atom is 0.336 e. The molecule has 0 radical (unpaired) electrons. The lowest BCUT2D eigenvalue weighted by Gasteiger charge is -2.13. The highest BCUT2D eigenvalue weighted by Gasteiger charge is 2.14. The van der Waals surface area contributed by atoms with Crippen molar-refractivity contribution in [1.82, 2.24) is 4.90 Å². The third-order valence-electron chi connectivity index (χ3n) is 5.89. The molecule has 6 nitrogen and oxygen atoms in total. The molecule has 1 unspecified atom stereocenters. The molecule has 0 aliphatic carbocycles. The quantitative estimate of drug-likeness (QED) is 0.431. The molecule has 4 aromatic rings. The third kappa shape index (κ3) is 5.97. The Morgan fingerprint density at radius 1 is 0.848 bits per heavy atom. The van der Waals surface area contributed by atoms with Gasteiger partial charge in [-0.2, -0.15) is 0 Å². The Hall–Kier alpha value is -3.22. The van der Waals surface area contributed by atoms with Gasteiger partial charge in [0.1, 0.15) is 11.2 Å². The van der Waals surface area contributed by atoms with Gasteiger partial charge in [-0.1, -0.05) is 26.0 Å². The number of likely N-dealkylation sites (tertiary alicyclic amines) is 1. The van der Waals surface area contributed by atoms with Crippen LogP contribution in [0.2, 0.25) is 0 Å². The largest absolute Gasteiger partial charge is 0.423 e. The number of fused-ring (bicyclic) bond motifs is 2. The molecule has 0 spiro atoms. The Bertz CT molecular complexity index is 1220. The van der Waals surface area contributed by atoms with Crippen molar-refractivity contribution in [2.45, 2.75) is 45.7 Å². The number of hydrogen-bond acceptors (Lipinski definition) is 6. The minimum Gasteiger partial charge on any atom is -0.423 e. The fourth-order valence-electron chi connectivity index (χ4n) is 3.84. The van der Waals surface area contributed by atoms with Gasteiger partial charge in [0.05, 0.1) is 6.04 Å². The first-order valence-electron chi connectivity index (χ1n) is 11.4. The highest BCUT2D eigenvalue weighted by atomic mass is 16.4. The molecule has 2 N–H and O–H groups in total. The van der Waals surface area contributed by atoms with Crippen LogP contribution in [0.25, 0.3) is 21.9 Å². The highest BCUT2D eigenvalue weighted by molar-refractivity contribution is 5.79. The van der Waals surface area contributed by atoms with Gasteiger partial charge in [0.2, 0.25) is 0 Å². The van der Waals surface area contributed by atoms with E-state index < -0.39 is 0 Å². The zero-order chi connectivity index (χ0) is 24.0. The molecule has 1 aliphatic heterocycles. The van der Waals surface area contributed by atoms with Gasteiger partial charge in [-0.15, -0.1) is 0 Å². The molecule has 1 saturated heterocycles. The van der Waals surface area contributed by atoms with Crippen molar-refractivity contribution in [2.24, 2.45) is 5.73 Å². The highest BCUT2D eigenvalue weighted by Crippen LogP contribution is 2.25. The van der Waals surface area contributed by atoms with Crippen molar-refractivity contribution in [2.75, 3.05) is 13.6 Å². The van der Waals surface area contributed by atoms with Crippen LogP contribution in [0.1, 0.15) is 50.8 Å². The van der Waals surface area contributed by atoms with E-state index in [1.807, 2.05) is 38.1 Å². The maximum absolute atomic E-state index is 11.2. The second-order valence-electron chi connectivity index (χ2n) is 8.05. The standard InChI is InChI=1S/C19H13NO4.C6H13N.C2H6/c20-19(13-1-5-15-11(9-13)3-7-17(21)23-15)14-2-6-16-12(10-14)4-8-18(22)24-16;1-6-4-3-5-7(6)2;1-2/h1-10,19H,20H2;6H,3-5H2,1-2H3;1-2H3. The SMILES string of the molecule is CC.CC1CCCN1C.NC(c1ccc2oc(=O)ccc2c1)c1ccc2oc(=O)ccc2c1. The average molecular weight is 449 g/mol. The second-order valence-corrected chi connectivity index (χ2v) is 8.05. The molecule has 2 aromatic carbocycles. The molecule has 1 atom stereocenters. The topological polar surface area (TPSA) is 89.7 Å². The molecular weight excluding hydrogens is 416 g/mol. The molecule has 0 bridgehead atoms. The summed E-state index contributed by atoms with van der Waals surface area (Å²) in [5, 5.41) is 1.63. The Labute approximate surface area is 193 Å². The first-order valence-corrected chi connectivity index (χ1v) is 11.4. The van der Waals surface area contributed by atoms with Crippen molar-refractivity contribution in [3.05, 3.63) is 92.6 Å². The van der Waals surface area contributed by atoms with E-state index in [0.717, 1.165) is 27.9 Å². The van der Waals surface area contributed by atoms with Crippen molar-refractivity contribution in [3.8, 4) is 0 Å². The monoisotopic (exact) mass is 448 g/mol. The second kappa shape index (κ2) is 11.1. The molecule has 174 valence electrons. The molecule has 3 heterocycles. The normalized spacial score (nSPS) is 15.8. The van der Waals surface area contributed by atoms with E-state index in [0.29, 0.717) is 11.2 Å². The first-order chi connectivity index (χ1) is 15.9. The summed E-state index contributed by atoms with van der Waals surface area (Å²) in [6, 6.07) is 17.7. The predicted molar refractivity (Wildman–Crippen MR) is 134 cm³/mol. The van der Waals surface area contributed by atoms with Crippen molar-refractivity contribution >= 4 is 21.9 Å². The summed E-state index contributed by atoms with van der Waals surface area (Å²) in [6.45, 7) is 7.59. The summed E-state index contributed by atoms with van der Waals surface area (Å²) in [7, 11) is 2.19. The van der Waals surface area contributed by atoms with Crippen molar-refractivity contribution in [3.63, 3.8) is 0 Å². The summed E-state index contributed by atoms with van der Waals surface area (Å²) >= 11 is 0. The Morgan fingerprint density at radius 3 is 1.70 bits per heavy atom. The van der Waals surface area contributed by atoms with Crippen molar-refractivity contribution < 1.29 is 8.83 Å². The van der Waals surface area contributed by atoms with E-state index in [-0.39, 0.29) is 17.3 Å². The van der Waals surface area contributed by atoms with Gasteiger partial charge in [-0.3, -0.25) is 0 Å². The van der Waals surface area contributed by atoms with Crippen LogP contribution < -0.4 is 17.0 Å². The van der Waals surface area contributed by atoms with E-state index in [1.165, 1.54) is 31.5 Å². The van der Waals surface area contributed by atoms with Gasteiger partial charge < -0.3 is 19.5 Å². The molecule has 0 saturated carbocycles. The predicted octanol–water partition coefficient (Wildman–Crippen LogP) is 5.07. The van der Waals surface area contributed by atoms with Crippen molar-refractivity contribution in [1.29, 1.82) is 0 Å². The van der Waals surface area contributed by atoms with E-state index in [2.05, 4.69) is 18.9 Å². The molecule has 33 heavy (non-hydrogen) atoms. The van der Waals surface area contributed by atoms with Crippen LogP contribution in [0.4, 0.5) is 0 Å². The molecular formula is C27H32N2O4. The minimum atomic E-state index is -0.379. The van der Waals surface area contributed by atoms with Gasteiger partial charge in [0.25, 0.3) is 0 Å². The van der Waals surface area contributed by atoms with E-state index in [1.54, 1.807) is 24.3 Å². The fraction of sp³-hybridized carbons (Fsp3) is 0.333. The molecule has 1 fully saturated rings. The van der Waals surface area contributed by atoms with Gasteiger partial charge in [0.15, 0.2) is 0 Å². The first kappa shape index (κ1) is 24.4. The van der Waals surface area contributed by atoms with Gasteiger partial charge >= 0.3 is 11.3 Å². The average Bonchev–Trinajstić information content (AvgIpc) is 3.21. The van der Waals surface area contributed by atoms with Gasteiger partial charge in [0, 0.05) is 28.9 Å². The Morgan fingerprint density at radius 2 is 1.33 bits per heavy atom. The maximum atomic E-state index is 11.2. The summed E-state index contributed by atoms with van der Waals surface area (Å²) in [6.07, 6.45) is 2.80. The van der Waals surface area contributed by atoms with Gasteiger partial charge in [-0.25, -0.2) is 9.59 Å². The van der Waals surface area contributed by atoms with E-state index in [9.17, 15) is 9.59 Å². The summed E-state index contributed by atoms with van der Waals surface area (Å²) in [5.74, 6) is 0.